The smallest absolute Gasteiger partial charge is 0.106 e. The number of nitrogens with two attached hydrogens (primary N) is 1. The van der Waals surface area contributed by atoms with Gasteiger partial charge in [-0.3, -0.25) is 0 Å². The Morgan fingerprint density at radius 1 is 1.08 bits per heavy atom. The monoisotopic (exact) mass is 393 g/mol. The summed E-state index contributed by atoms with van der Waals surface area (Å²) in [6.07, 6.45) is 9.17. The Morgan fingerprint density at radius 2 is 1.69 bits per heavy atom. The second kappa shape index (κ2) is 8.39. The van der Waals surface area contributed by atoms with Crippen LogP contribution in [-0.4, -0.2) is 9.97 Å². The Bertz CT molecular complexity index is 682. The standard InChI is InChI=1S/C14H23NS.C7H12N2S/c1-10(2)12-9-15-13(16-12)11-5-7-14(3,4)8-6-11;1-7(2,3)6-9-4-5(8)10-6/h9-11H,5-8H2,1-4H3;4H,8H2,1-3H3. The Balaban J connectivity index is 0.000000209. The number of aromatic nitrogens is 2. The number of nitrogen functional groups attached to an aromatic ring is 1. The van der Waals surface area contributed by atoms with Crippen LogP contribution in [0.2, 0.25) is 0 Å². The van der Waals surface area contributed by atoms with E-state index in [1.54, 1.807) is 17.5 Å². The number of thiazole rings is 2. The lowest BCUT2D eigenvalue weighted by Gasteiger charge is -2.33. The van der Waals surface area contributed by atoms with Crippen LogP contribution in [0, 0.1) is 5.41 Å². The molecule has 2 aromatic rings. The molecule has 0 unspecified atom stereocenters. The molecule has 0 bridgehead atoms. The molecule has 2 N–H and O–H groups in total. The molecule has 1 aliphatic rings. The molecule has 3 rings (SSSR count). The highest BCUT2D eigenvalue weighted by molar-refractivity contribution is 7.15. The van der Waals surface area contributed by atoms with Crippen molar-refractivity contribution in [2.45, 2.75) is 91.4 Å². The first-order chi connectivity index (χ1) is 12.0. The molecule has 2 heterocycles. The summed E-state index contributed by atoms with van der Waals surface area (Å²) in [7, 11) is 0. The lowest BCUT2D eigenvalue weighted by Crippen LogP contribution is -2.20. The van der Waals surface area contributed by atoms with Crippen LogP contribution in [-0.2, 0) is 5.41 Å². The summed E-state index contributed by atoms with van der Waals surface area (Å²) in [5, 5.41) is 3.29. The van der Waals surface area contributed by atoms with Crippen LogP contribution >= 0.6 is 22.7 Å². The summed E-state index contributed by atoms with van der Waals surface area (Å²) in [6, 6.07) is 0. The number of hydrogen-bond acceptors (Lipinski definition) is 5. The van der Waals surface area contributed by atoms with Crippen molar-refractivity contribution in [1.29, 1.82) is 0 Å². The van der Waals surface area contributed by atoms with E-state index in [0.717, 1.165) is 15.9 Å². The normalized spacial score (nSPS) is 17.8. The molecule has 1 aliphatic carbocycles. The van der Waals surface area contributed by atoms with Gasteiger partial charge in [0, 0.05) is 22.4 Å². The largest absolute Gasteiger partial charge is 0.389 e. The van der Waals surface area contributed by atoms with Crippen molar-refractivity contribution < 1.29 is 0 Å². The van der Waals surface area contributed by atoms with E-state index in [-0.39, 0.29) is 5.41 Å². The van der Waals surface area contributed by atoms with Gasteiger partial charge >= 0.3 is 0 Å². The fraction of sp³-hybridized carbons (Fsp3) is 0.714. The first kappa shape index (κ1) is 21.4. The summed E-state index contributed by atoms with van der Waals surface area (Å²) < 4.78 is 0. The second-order valence-electron chi connectivity index (χ2n) is 9.51. The molecule has 0 saturated heterocycles. The molecular formula is C21H35N3S2. The predicted molar refractivity (Wildman–Crippen MR) is 116 cm³/mol. The minimum atomic E-state index is 0.141. The van der Waals surface area contributed by atoms with E-state index in [4.69, 9.17) is 5.73 Å². The zero-order chi connectivity index (χ0) is 19.5. The van der Waals surface area contributed by atoms with Crippen LogP contribution in [0.25, 0.3) is 0 Å². The molecule has 26 heavy (non-hydrogen) atoms. The fourth-order valence-corrected chi connectivity index (χ4v) is 4.87. The summed E-state index contributed by atoms with van der Waals surface area (Å²) in [6.45, 7) is 15.7. The molecule has 0 amide bonds. The molecular weight excluding hydrogens is 358 g/mol. The molecule has 0 spiro atoms. The zero-order valence-corrected chi connectivity index (χ0v) is 19.1. The Labute approximate surface area is 167 Å². The van der Waals surface area contributed by atoms with Gasteiger partial charge in [0.1, 0.15) is 5.00 Å². The first-order valence-corrected chi connectivity index (χ1v) is 11.3. The third kappa shape index (κ3) is 6.05. The van der Waals surface area contributed by atoms with Gasteiger partial charge in [0.05, 0.1) is 16.2 Å². The maximum atomic E-state index is 5.53. The van der Waals surface area contributed by atoms with E-state index < -0.39 is 0 Å². The van der Waals surface area contributed by atoms with Crippen molar-refractivity contribution in [1.82, 2.24) is 9.97 Å². The summed E-state index contributed by atoms with van der Waals surface area (Å²) in [4.78, 5) is 10.3. The van der Waals surface area contributed by atoms with E-state index in [1.165, 1.54) is 35.6 Å². The quantitative estimate of drug-likeness (QED) is 0.599. The average Bonchev–Trinajstić information content (AvgIpc) is 3.16. The fourth-order valence-electron chi connectivity index (χ4n) is 3.04. The van der Waals surface area contributed by atoms with Crippen LogP contribution in [0.4, 0.5) is 5.00 Å². The summed E-state index contributed by atoms with van der Waals surface area (Å²) in [5.41, 5.74) is 6.24. The van der Waals surface area contributed by atoms with Gasteiger partial charge in [0.15, 0.2) is 0 Å². The Morgan fingerprint density at radius 3 is 2.08 bits per heavy atom. The van der Waals surface area contributed by atoms with E-state index >= 15 is 0 Å². The number of hydrogen-bond donors (Lipinski definition) is 1. The molecule has 146 valence electrons. The number of nitrogens with zero attached hydrogens (tertiary/aromatic N) is 2. The van der Waals surface area contributed by atoms with Crippen LogP contribution in [0.1, 0.15) is 101 Å². The molecule has 0 aromatic carbocycles. The van der Waals surface area contributed by atoms with Crippen molar-refractivity contribution in [3.05, 3.63) is 27.3 Å². The van der Waals surface area contributed by atoms with Gasteiger partial charge in [-0.25, -0.2) is 9.97 Å². The molecule has 3 nitrogen and oxygen atoms in total. The zero-order valence-electron chi connectivity index (χ0n) is 17.4. The van der Waals surface area contributed by atoms with Crippen LogP contribution in [0.3, 0.4) is 0 Å². The minimum Gasteiger partial charge on any atom is -0.389 e. The highest BCUT2D eigenvalue weighted by atomic mass is 32.1. The SMILES string of the molecule is CC(C)(C)c1ncc(N)s1.CC(C)c1cnc(C2CCC(C)(C)CC2)s1. The van der Waals surface area contributed by atoms with E-state index in [9.17, 15) is 0 Å². The van der Waals surface area contributed by atoms with Crippen molar-refractivity contribution in [2.75, 3.05) is 5.73 Å². The molecule has 0 aliphatic heterocycles. The molecule has 5 heteroatoms. The highest BCUT2D eigenvalue weighted by Gasteiger charge is 2.29. The highest BCUT2D eigenvalue weighted by Crippen LogP contribution is 2.43. The average molecular weight is 394 g/mol. The minimum absolute atomic E-state index is 0.141. The van der Waals surface area contributed by atoms with Gasteiger partial charge < -0.3 is 5.73 Å². The van der Waals surface area contributed by atoms with Crippen molar-refractivity contribution in [2.24, 2.45) is 5.41 Å². The predicted octanol–water partition coefficient (Wildman–Crippen LogP) is 6.97. The Hall–Kier alpha value is -0.940. The number of anilines is 1. The van der Waals surface area contributed by atoms with Gasteiger partial charge in [0.25, 0.3) is 0 Å². The van der Waals surface area contributed by atoms with Gasteiger partial charge in [-0.15, -0.1) is 22.7 Å². The lowest BCUT2D eigenvalue weighted by molar-refractivity contribution is 0.224. The second-order valence-corrected chi connectivity index (χ2v) is 11.7. The van der Waals surface area contributed by atoms with Crippen molar-refractivity contribution in [3.63, 3.8) is 0 Å². The maximum Gasteiger partial charge on any atom is 0.106 e. The first-order valence-electron chi connectivity index (χ1n) is 9.65. The number of rotatable bonds is 2. The molecule has 0 radical (unpaired) electrons. The molecule has 1 fully saturated rings. The summed E-state index contributed by atoms with van der Waals surface area (Å²) >= 11 is 3.50. The third-order valence-corrected chi connectivity index (χ3v) is 7.68. The van der Waals surface area contributed by atoms with Crippen LogP contribution in [0.5, 0.6) is 0 Å². The molecule has 2 aromatic heterocycles. The topological polar surface area (TPSA) is 51.8 Å². The van der Waals surface area contributed by atoms with E-state index in [1.807, 2.05) is 11.3 Å². The van der Waals surface area contributed by atoms with E-state index in [2.05, 4.69) is 64.6 Å². The van der Waals surface area contributed by atoms with Crippen LogP contribution in [0.15, 0.2) is 12.4 Å². The maximum absolute atomic E-state index is 5.53. The Kier molecular flexibility index (Phi) is 6.89. The van der Waals surface area contributed by atoms with Crippen LogP contribution < -0.4 is 5.73 Å². The summed E-state index contributed by atoms with van der Waals surface area (Å²) in [5.74, 6) is 1.37. The van der Waals surface area contributed by atoms with E-state index in [0.29, 0.717) is 11.3 Å². The van der Waals surface area contributed by atoms with Gasteiger partial charge in [-0.1, -0.05) is 48.5 Å². The molecule has 0 atom stereocenters. The van der Waals surface area contributed by atoms with Gasteiger partial charge in [-0.05, 0) is 37.0 Å². The lowest BCUT2D eigenvalue weighted by atomic mass is 9.73. The van der Waals surface area contributed by atoms with Gasteiger partial charge in [0.2, 0.25) is 0 Å². The van der Waals surface area contributed by atoms with Crippen molar-refractivity contribution >= 4 is 27.7 Å². The molecule has 1 saturated carbocycles. The van der Waals surface area contributed by atoms with Gasteiger partial charge in [-0.2, -0.15) is 0 Å². The van der Waals surface area contributed by atoms with Crippen molar-refractivity contribution in [3.8, 4) is 0 Å². The third-order valence-electron chi connectivity index (χ3n) is 4.96.